The van der Waals surface area contributed by atoms with E-state index >= 15 is 0 Å². The third-order valence-corrected chi connectivity index (χ3v) is 4.05. The summed E-state index contributed by atoms with van der Waals surface area (Å²) >= 11 is 0. The van der Waals surface area contributed by atoms with Crippen LogP contribution in [0.2, 0.25) is 0 Å². The number of aromatic nitrogens is 1. The molecule has 20 heavy (non-hydrogen) atoms. The van der Waals surface area contributed by atoms with Gasteiger partial charge in [-0.3, -0.25) is 0 Å². The molecule has 5 nitrogen and oxygen atoms in total. The van der Waals surface area contributed by atoms with Gasteiger partial charge in [-0.2, -0.15) is 0 Å². The fourth-order valence-corrected chi connectivity index (χ4v) is 2.94. The second kappa shape index (κ2) is 6.62. The SMILES string of the molecule is O=S(=O)(Cc1cccc(F)c1)NCCCc1cnoc1. The molecule has 0 atom stereocenters. The van der Waals surface area contributed by atoms with Crippen molar-refractivity contribution in [1.29, 1.82) is 0 Å². The van der Waals surface area contributed by atoms with Gasteiger partial charge in [0.25, 0.3) is 0 Å². The molecule has 0 saturated heterocycles. The quantitative estimate of drug-likeness (QED) is 0.792. The van der Waals surface area contributed by atoms with Crippen molar-refractivity contribution in [2.24, 2.45) is 0 Å². The van der Waals surface area contributed by atoms with Crippen molar-refractivity contribution in [2.45, 2.75) is 18.6 Å². The van der Waals surface area contributed by atoms with Crippen LogP contribution in [0.5, 0.6) is 0 Å². The van der Waals surface area contributed by atoms with Crippen LogP contribution in [-0.4, -0.2) is 20.1 Å². The van der Waals surface area contributed by atoms with Gasteiger partial charge >= 0.3 is 0 Å². The fourth-order valence-electron chi connectivity index (χ4n) is 1.77. The number of halogens is 1. The molecule has 1 heterocycles. The molecule has 0 unspecified atom stereocenters. The van der Waals surface area contributed by atoms with Gasteiger partial charge in [-0.1, -0.05) is 17.3 Å². The molecule has 0 aliphatic heterocycles. The molecule has 0 amide bonds. The van der Waals surface area contributed by atoms with Crippen molar-refractivity contribution in [3.8, 4) is 0 Å². The highest BCUT2D eigenvalue weighted by atomic mass is 32.2. The summed E-state index contributed by atoms with van der Waals surface area (Å²) in [6, 6.07) is 5.57. The van der Waals surface area contributed by atoms with Crippen LogP contribution >= 0.6 is 0 Å². The molecule has 0 saturated carbocycles. The van der Waals surface area contributed by atoms with E-state index in [2.05, 4.69) is 14.4 Å². The van der Waals surface area contributed by atoms with E-state index in [1.807, 2.05) is 0 Å². The van der Waals surface area contributed by atoms with Crippen LogP contribution in [0.3, 0.4) is 0 Å². The van der Waals surface area contributed by atoms with E-state index in [4.69, 9.17) is 0 Å². The molecule has 2 aromatic rings. The number of aryl methyl sites for hydroxylation is 1. The average molecular weight is 298 g/mol. The normalized spacial score (nSPS) is 11.7. The highest BCUT2D eigenvalue weighted by Gasteiger charge is 2.11. The number of hydrogen-bond acceptors (Lipinski definition) is 4. The van der Waals surface area contributed by atoms with Crippen LogP contribution < -0.4 is 4.72 Å². The first-order chi connectivity index (χ1) is 9.55. The third-order valence-electron chi connectivity index (χ3n) is 2.69. The maximum Gasteiger partial charge on any atom is 0.215 e. The zero-order valence-corrected chi connectivity index (χ0v) is 11.6. The Bertz CT molecular complexity index is 641. The predicted molar refractivity (Wildman–Crippen MR) is 71.9 cm³/mol. The monoisotopic (exact) mass is 298 g/mol. The van der Waals surface area contributed by atoms with Crippen LogP contribution in [0.25, 0.3) is 0 Å². The van der Waals surface area contributed by atoms with Crippen molar-refractivity contribution in [1.82, 2.24) is 9.88 Å². The number of sulfonamides is 1. The minimum atomic E-state index is -3.45. The summed E-state index contributed by atoms with van der Waals surface area (Å²) in [5, 5.41) is 3.56. The minimum Gasteiger partial charge on any atom is -0.364 e. The molecule has 1 aromatic heterocycles. The maximum absolute atomic E-state index is 13.0. The Labute approximate surface area is 116 Å². The molecule has 7 heteroatoms. The summed E-state index contributed by atoms with van der Waals surface area (Å²) in [5.41, 5.74) is 1.35. The van der Waals surface area contributed by atoms with Gasteiger partial charge in [-0.25, -0.2) is 17.5 Å². The topological polar surface area (TPSA) is 72.2 Å². The zero-order valence-electron chi connectivity index (χ0n) is 10.8. The summed E-state index contributed by atoms with van der Waals surface area (Å²) in [7, 11) is -3.45. The van der Waals surface area contributed by atoms with E-state index in [9.17, 15) is 12.8 Å². The molecular formula is C13H15FN2O3S. The molecule has 0 radical (unpaired) electrons. The first-order valence-corrected chi connectivity index (χ1v) is 7.80. The van der Waals surface area contributed by atoms with Gasteiger partial charge in [-0.05, 0) is 30.5 Å². The van der Waals surface area contributed by atoms with Gasteiger partial charge in [0.2, 0.25) is 10.0 Å². The molecule has 1 aromatic carbocycles. The molecule has 2 rings (SSSR count). The Kier molecular flexibility index (Phi) is 4.86. The first-order valence-electron chi connectivity index (χ1n) is 6.15. The smallest absolute Gasteiger partial charge is 0.215 e. The standard InChI is InChI=1S/C13H15FN2O3S/c14-13-5-1-3-11(7-13)10-20(17,18)16-6-2-4-12-8-15-19-9-12/h1,3,5,7-9,16H,2,4,6,10H2. The molecule has 0 bridgehead atoms. The molecule has 0 aliphatic carbocycles. The largest absolute Gasteiger partial charge is 0.364 e. The maximum atomic E-state index is 13.0. The average Bonchev–Trinajstić information content (AvgIpc) is 2.87. The lowest BCUT2D eigenvalue weighted by Crippen LogP contribution is -2.26. The van der Waals surface area contributed by atoms with Crippen molar-refractivity contribution in [3.63, 3.8) is 0 Å². The number of hydrogen-bond donors (Lipinski definition) is 1. The van der Waals surface area contributed by atoms with Gasteiger partial charge in [-0.15, -0.1) is 0 Å². The van der Waals surface area contributed by atoms with E-state index in [-0.39, 0.29) is 5.75 Å². The summed E-state index contributed by atoms with van der Waals surface area (Å²) in [5.74, 6) is -0.664. The van der Waals surface area contributed by atoms with Gasteiger partial charge in [0.05, 0.1) is 11.9 Å². The molecule has 0 aliphatic rings. The molecule has 0 spiro atoms. The van der Waals surface area contributed by atoms with Crippen LogP contribution in [0.1, 0.15) is 17.5 Å². The molecule has 1 N–H and O–H groups in total. The zero-order chi connectivity index (χ0) is 14.4. The lowest BCUT2D eigenvalue weighted by molar-refractivity contribution is 0.418. The Hall–Kier alpha value is -1.73. The van der Waals surface area contributed by atoms with Crippen molar-refractivity contribution >= 4 is 10.0 Å². The highest BCUT2D eigenvalue weighted by Crippen LogP contribution is 2.07. The first kappa shape index (κ1) is 14.7. The van der Waals surface area contributed by atoms with Gasteiger partial charge in [0.15, 0.2) is 0 Å². The van der Waals surface area contributed by atoms with Gasteiger partial charge < -0.3 is 4.52 Å². The Morgan fingerprint density at radius 3 is 2.85 bits per heavy atom. The minimum absolute atomic E-state index is 0.224. The number of nitrogens with one attached hydrogen (secondary N) is 1. The summed E-state index contributed by atoms with van der Waals surface area (Å²) < 4.78 is 43.8. The van der Waals surface area contributed by atoms with E-state index < -0.39 is 15.8 Å². The van der Waals surface area contributed by atoms with E-state index in [1.165, 1.54) is 24.5 Å². The predicted octanol–water partition coefficient (Wildman–Crippen LogP) is 1.87. The summed E-state index contributed by atoms with van der Waals surface area (Å²) in [4.78, 5) is 0. The number of benzene rings is 1. The second-order valence-electron chi connectivity index (χ2n) is 4.42. The Balaban J connectivity index is 1.79. The van der Waals surface area contributed by atoms with Crippen molar-refractivity contribution < 1.29 is 17.3 Å². The summed E-state index contributed by atoms with van der Waals surface area (Å²) in [6.45, 7) is 0.322. The lowest BCUT2D eigenvalue weighted by Gasteiger charge is -2.06. The highest BCUT2D eigenvalue weighted by molar-refractivity contribution is 7.88. The molecule has 0 fully saturated rings. The van der Waals surface area contributed by atoms with Crippen LogP contribution in [0, 0.1) is 5.82 Å². The van der Waals surface area contributed by atoms with Crippen molar-refractivity contribution in [3.05, 3.63) is 53.7 Å². The summed E-state index contributed by atoms with van der Waals surface area (Å²) in [6.07, 6.45) is 4.46. The Morgan fingerprint density at radius 2 is 2.15 bits per heavy atom. The number of nitrogens with zero attached hydrogens (tertiary/aromatic N) is 1. The van der Waals surface area contributed by atoms with Gasteiger partial charge in [0.1, 0.15) is 12.1 Å². The van der Waals surface area contributed by atoms with Crippen molar-refractivity contribution in [2.75, 3.05) is 6.54 Å². The van der Waals surface area contributed by atoms with Crippen LogP contribution in [0.15, 0.2) is 41.2 Å². The Morgan fingerprint density at radius 1 is 1.30 bits per heavy atom. The second-order valence-corrected chi connectivity index (χ2v) is 6.23. The van der Waals surface area contributed by atoms with Crippen LogP contribution in [-0.2, 0) is 22.2 Å². The van der Waals surface area contributed by atoms with Gasteiger partial charge in [0, 0.05) is 12.1 Å². The molecule has 108 valence electrons. The van der Waals surface area contributed by atoms with Crippen LogP contribution in [0.4, 0.5) is 4.39 Å². The van der Waals surface area contributed by atoms with E-state index in [0.29, 0.717) is 24.9 Å². The van der Waals surface area contributed by atoms with E-state index in [1.54, 1.807) is 12.3 Å². The third kappa shape index (κ3) is 4.75. The fraction of sp³-hybridized carbons (Fsp3) is 0.308. The molecular weight excluding hydrogens is 283 g/mol. The van der Waals surface area contributed by atoms with E-state index in [0.717, 1.165) is 5.56 Å². The lowest BCUT2D eigenvalue weighted by atomic mass is 10.2. The number of rotatable bonds is 7.